The lowest BCUT2D eigenvalue weighted by atomic mass is 10.3. The number of nitrogens with two attached hydrogens (primary N) is 2. The molecule has 0 heterocycles. The van der Waals surface area contributed by atoms with E-state index < -0.39 is 0 Å². The summed E-state index contributed by atoms with van der Waals surface area (Å²) in [6.07, 6.45) is 1.50. The highest BCUT2D eigenvalue weighted by atomic mass is 32.1. The minimum absolute atomic E-state index is 0.265. The van der Waals surface area contributed by atoms with Crippen LogP contribution in [0.4, 0.5) is 5.69 Å². The van der Waals surface area contributed by atoms with Gasteiger partial charge in [-0.2, -0.15) is 0 Å². The Morgan fingerprint density at radius 1 is 1.23 bits per heavy atom. The Morgan fingerprint density at radius 2 is 1.85 bits per heavy atom. The summed E-state index contributed by atoms with van der Waals surface area (Å²) in [6.45, 7) is 0. The number of nitrogens with one attached hydrogen (secondary N) is 1. The monoisotopic (exact) mass is 193 g/mol. The number of benzene rings is 1. The minimum atomic E-state index is 0.265. The van der Waals surface area contributed by atoms with Crippen LogP contribution in [0.1, 0.15) is 0 Å². The van der Waals surface area contributed by atoms with Crippen LogP contribution in [0, 0.1) is 0 Å². The molecular weight excluding hydrogens is 182 g/mol. The van der Waals surface area contributed by atoms with Gasteiger partial charge in [-0.05, 0) is 12.1 Å². The topological polar surface area (TPSA) is 64.1 Å². The summed E-state index contributed by atoms with van der Waals surface area (Å²) in [7, 11) is 0. The van der Waals surface area contributed by atoms with Crippen molar-refractivity contribution in [2.24, 2.45) is 11.5 Å². The number of anilines is 1. The zero-order chi connectivity index (χ0) is 9.68. The van der Waals surface area contributed by atoms with Gasteiger partial charge in [0.25, 0.3) is 0 Å². The fourth-order valence-electron chi connectivity index (χ4n) is 0.877. The predicted molar refractivity (Wildman–Crippen MR) is 59.1 cm³/mol. The van der Waals surface area contributed by atoms with Gasteiger partial charge in [-0.1, -0.05) is 30.4 Å². The Kier molecular flexibility index (Phi) is 3.28. The molecule has 13 heavy (non-hydrogen) atoms. The summed E-state index contributed by atoms with van der Waals surface area (Å²) in [6, 6.07) is 9.56. The predicted octanol–water partition coefficient (Wildman–Crippen LogP) is 1.18. The summed E-state index contributed by atoms with van der Waals surface area (Å²) in [5.74, 6) is 0.443. The van der Waals surface area contributed by atoms with E-state index in [2.05, 4.69) is 17.5 Å². The van der Waals surface area contributed by atoms with Crippen molar-refractivity contribution in [3.05, 3.63) is 42.2 Å². The second-order valence-electron chi connectivity index (χ2n) is 2.49. The Hall–Kier alpha value is -1.55. The maximum atomic E-state index is 5.59. The van der Waals surface area contributed by atoms with Gasteiger partial charge >= 0.3 is 0 Å². The summed E-state index contributed by atoms with van der Waals surface area (Å²) < 4.78 is 0. The van der Waals surface area contributed by atoms with Crippen molar-refractivity contribution in [2.75, 3.05) is 5.32 Å². The van der Waals surface area contributed by atoms with Gasteiger partial charge in [0.2, 0.25) is 0 Å². The smallest absolute Gasteiger partial charge is 0.103 e. The van der Waals surface area contributed by atoms with Gasteiger partial charge in [-0.25, -0.2) is 0 Å². The Morgan fingerprint density at radius 3 is 2.38 bits per heavy atom. The highest BCUT2D eigenvalue weighted by Gasteiger charge is 1.91. The normalized spacial score (nSPS) is 10.9. The molecule has 0 saturated heterocycles. The van der Waals surface area contributed by atoms with Crippen molar-refractivity contribution in [1.82, 2.24) is 0 Å². The number of thiocarbonyl (C=S) groups is 1. The van der Waals surface area contributed by atoms with Gasteiger partial charge in [0.05, 0.1) is 4.99 Å². The van der Waals surface area contributed by atoms with Crippen LogP contribution < -0.4 is 16.8 Å². The second kappa shape index (κ2) is 4.47. The van der Waals surface area contributed by atoms with Crippen LogP contribution in [-0.4, -0.2) is 4.99 Å². The van der Waals surface area contributed by atoms with Crippen molar-refractivity contribution in [1.29, 1.82) is 0 Å². The lowest BCUT2D eigenvalue weighted by Crippen LogP contribution is -2.14. The zero-order valence-electron chi connectivity index (χ0n) is 7.03. The molecular formula is C9H11N3S. The molecule has 0 unspecified atom stereocenters. The number of para-hydroxylation sites is 1. The molecule has 4 heteroatoms. The molecule has 0 fully saturated rings. The van der Waals surface area contributed by atoms with E-state index >= 15 is 0 Å². The summed E-state index contributed by atoms with van der Waals surface area (Å²) >= 11 is 4.67. The SMILES string of the molecule is NC(=S)C=C(N)Nc1ccccc1. The second-order valence-corrected chi connectivity index (χ2v) is 2.96. The van der Waals surface area contributed by atoms with Gasteiger partial charge in [-0.15, -0.1) is 0 Å². The molecule has 5 N–H and O–H groups in total. The van der Waals surface area contributed by atoms with E-state index in [0.29, 0.717) is 5.82 Å². The van der Waals surface area contributed by atoms with Crippen molar-refractivity contribution >= 4 is 22.9 Å². The third-order valence-electron chi connectivity index (χ3n) is 1.36. The molecule has 0 aliphatic heterocycles. The molecule has 3 nitrogen and oxygen atoms in total. The van der Waals surface area contributed by atoms with Crippen LogP contribution in [-0.2, 0) is 0 Å². The van der Waals surface area contributed by atoms with E-state index in [1.165, 1.54) is 6.08 Å². The van der Waals surface area contributed by atoms with Crippen LogP contribution in [0.3, 0.4) is 0 Å². The zero-order valence-corrected chi connectivity index (χ0v) is 7.84. The molecule has 0 bridgehead atoms. The van der Waals surface area contributed by atoms with E-state index in [1.54, 1.807) is 0 Å². The molecule has 0 saturated carbocycles. The molecule has 0 amide bonds. The van der Waals surface area contributed by atoms with Crippen LogP contribution in [0.25, 0.3) is 0 Å². The Labute approximate surface area is 82.4 Å². The van der Waals surface area contributed by atoms with Gasteiger partial charge in [-0.3, -0.25) is 0 Å². The molecule has 0 aromatic heterocycles. The maximum absolute atomic E-state index is 5.59. The average Bonchev–Trinajstić information content (AvgIpc) is 2.04. The van der Waals surface area contributed by atoms with Gasteiger partial charge in [0, 0.05) is 11.8 Å². The lowest BCUT2D eigenvalue weighted by molar-refractivity contribution is 1.32. The summed E-state index contributed by atoms with van der Waals surface area (Å²) in [5, 5.41) is 2.94. The fraction of sp³-hybridized carbons (Fsp3) is 0. The largest absolute Gasteiger partial charge is 0.390 e. The highest BCUT2D eigenvalue weighted by Crippen LogP contribution is 2.05. The van der Waals surface area contributed by atoms with E-state index in [4.69, 9.17) is 11.5 Å². The molecule has 1 aromatic rings. The summed E-state index contributed by atoms with van der Waals surface area (Å²) in [4.78, 5) is 0.265. The molecule has 1 rings (SSSR count). The summed E-state index contributed by atoms with van der Waals surface area (Å²) in [5.41, 5.74) is 11.8. The maximum Gasteiger partial charge on any atom is 0.103 e. The quantitative estimate of drug-likeness (QED) is 0.498. The molecule has 0 radical (unpaired) electrons. The van der Waals surface area contributed by atoms with E-state index in [0.717, 1.165) is 5.69 Å². The standard InChI is InChI=1S/C9H11N3S/c10-8(6-9(11)13)12-7-4-2-1-3-5-7/h1-6,12H,10H2,(H2,11,13). The number of hydrogen-bond donors (Lipinski definition) is 3. The van der Waals surface area contributed by atoms with Gasteiger partial charge in [0.15, 0.2) is 0 Å². The van der Waals surface area contributed by atoms with E-state index in [-0.39, 0.29) is 4.99 Å². The van der Waals surface area contributed by atoms with E-state index in [9.17, 15) is 0 Å². The van der Waals surface area contributed by atoms with Gasteiger partial charge in [0.1, 0.15) is 5.82 Å². The van der Waals surface area contributed by atoms with Crippen molar-refractivity contribution in [2.45, 2.75) is 0 Å². The minimum Gasteiger partial charge on any atom is -0.390 e. The van der Waals surface area contributed by atoms with Crippen molar-refractivity contribution in [3.8, 4) is 0 Å². The molecule has 0 aliphatic rings. The van der Waals surface area contributed by atoms with Crippen LogP contribution in [0.15, 0.2) is 42.2 Å². The first kappa shape index (κ1) is 9.54. The fourth-order valence-corrected chi connectivity index (χ4v) is 1.00. The van der Waals surface area contributed by atoms with Crippen LogP contribution >= 0.6 is 12.2 Å². The number of rotatable bonds is 3. The third-order valence-corrected chi connectivity index (χ3v) is 1.48. The first-order valence-corrected chi connectivity index (χ1v) is 4.18. The van der Waals surface area contributed by atoms with Crippen LogP contribution in [0.2, 0.25) is 0 Å². The number of hydrogen-bond acceptors (Lipinski definition) is 3. The Balaban J connectivity index is 2.65. The van der Waals surface area contributed by atoms with Crippen LogP contribution in [0.5, 0.6) is 0 Å². The molecule has 0 spiro atoms. The molecule has 68 valence electrons. The lowest BCUT2D eigenvalue weighted by Gasteiger charge is -2.04. The molecule has 0 aliphatic carbocycles. The van der Waals surface area contributed by atoms with Crippen molar-refractivity contribution in [3.63, 3.8) is 0 Å². The third kappa shape index (κ3) is 3.57. The van der Waals surface area contributed by atoms with E-state index in [1.807, 2.05) is 30.3 Å². The Bertz CT molecular complexity index is 319. The van der Waals surface area contributed by atoms with Crippen molar-refractivity contribution < 1.29 is 0 Å². The molecule has 1 aromatic carbocycles. The highest BCUT2D eigenvalue weighted by molar-refractivity contribution is 7.80. The van der Waals surface area contributed by atoms with Gasteiger partial charge < -0.3 is 16.8 Å². The molecule has 0 atom stereocenters. The first-order valence-electron chi connectivity index (χ1n) is 3.77. The average molecular weight is 193 g/mol. The first-order chi connectivity index (χ1) is 6.18.